The zero-order valence-corrected chi connectivity index (χ0v) is 17.0. The minimum absolute atomic E-state index is 0.0774. The molecule has 1 heterocycles. The van der Waals surface area contributed by atoms with E-state index in [9.17, 15) is 5.11 Å². The summed E-state index contributed by atoms with van der Waals surface area (Å²) in [5.74, 6) is 2.47. The van der Waals surface area contributed by atoms with Crippen molar-refractivity contribution in [1.82, 2.24) is 15.5 Å². The Morgan fingerprint density at radius 1 is 1.12 bits per heavy atom. The van der Waals surface area contributed by atoms with Crippen LogP contribution in [-0.4, -0.2) is 59.8 Å². The molecular formula is C20H40N4O. The van der Waals surface area contributed by atoms with Crippen molar-refractivity contribution in [1.29, 1.82) is 0 Å². The average molecular weight is 353 g/mol. The molecule has 3 N–H and O–H groups in total. The van der Waals surface area contributed by atoms with Gasteiger partial charge in [0.15, 0.2) is 5.96 Å². The molecule has 2 unspecified atom stereocenters. The van der Waals surface area contributed by atoms with E-state index in [0.717, 1.165) is 56.6 Å². The Morgan fingerprint density at radius 2 is 1.72 bits per heavy atom. The summed E-state index contributed by atoms with van der Waals surface area (Å²) < 4.78 is 0. The number of nitrogens with zero attached hydrogens (tertiary/aromatic N) is 2. The topological polar surface area (TPSA) is 59.9 Å². The third kappa shape index (κ3) is 6.45. The van der Waals surface area contributed by atoms with E-state index in [2.05, 4.69) is 50.2 Å². The fraction of sp³-hybridized carbons (Fsp3) is 0.950. The zero-order valence-electron chi connectivity index (χ0n) is 17.0. The van der Waals surface area contributed by atoms with Crippen molar-refractivity contribution in [2.45, 2.75) is 84.4 Å². The van der Waals surface area contributed by atoms with Crippen LogP contribution in [0.2, 0.25) is 0 Å². The predicted octanol–water partition coefficient (Wildman–Crippen LogP) is 2.60. The van der Waals surface area contributed by atoms with E-state index in [1.165, 1.54) is 19.5 Å². The molecule has 0 bridgehead atoms. The van der Waals surface area contributed by atoms with Gasteiger partial charge in [-0.2, -0.15) is 0 Å². The van der Waals surface area contributed by atoms with Crippen molar-refractivity contribution in [2.24, 2.45) is 16.8 Å². The lowest BCUT2D eigenvalue weighted by Gasteiger charge is -2.44. The number of aliphatic hydroxyl groups excluding tert-OH is 1. The Morgan fingerprint density at radius 3 is 2.28 bits per heavy atom. The summed E-state index contributed by atoms with van der Waals surface area (Å²) in [6, 6.07) is 0.430. The maximum Gasteiger partial charge on any atom is 0.191 e. The minimum atomic E-state index is -0.111. The summed E-state index contributed by atoms with van der Waals surface area (Å²) in [5, 5.41) is 16.7. The van der Waals surface area contributed by atoms with E-state index in [-0.39, 0.29) is 11.6 Å². The summed E-state index contributed by atoms with van der Waals surface area (Å²) in [6.45, 7) is 15.5. The molecule has 5 heteroatoms. The molecule has 146 valence electrons. The van der Waals surface area contributed by atoms with Crippen LogP contribution in [0.4, 0.5) is 0 Å². The fourth-order valence-corrected chi connectivity index (χ4v) is 4.26. The molecule has 2 aliphatic rings. The first-order valence-corrected chi connectivity index (χ1v) is 10.3. The molecule has 1 aliphatic heterocycles. The van der Waals surface area contributed by atoms with Gasteiger partial charge < -0.3 is 15.7 Å². The Kier molecular flexibility index (Phi) is 7.56. The third-order valence-corrected chi connectivity index (χ3v) is 5.73. The van der Waals surface area contributed by atoms with E-state index in [0.29, 0.717) is 6.04 Å². The molecule has 0 spiro atoms. The van der Waals surface area contributed by atoms with E-state index >= 15 is 0 Å². The fourth-order valence-electron chi connectivity index (χ4n) is 4.26. The summed E-state index contributed by atoms with van der Waals surface area (Å²) in [5.41, 5.74) is 0.0774. The highest BCUT2D eigenvalue weighted by Gasteiger charge is 2.32. The Bertz CT molecular complexity index is 419. The van der Waals surface area contributed by atoms with Gasteiger partial charge in [-0.15, -0.1) is 0 Å². The quantitative estimate of drug-likeness (QED) is 0.526. The van der Waals surface area contributed by atoms with Crippen LogP contribution >= 0.6 is 0 Å². The molecule has 0 aromatic carbocycles. The second kappa shape index (κ2) is 9.22. The number of guanidine groups is 1. The number of nitrogens with one attached hydrogen (secondary N) is 2. The first-order valence-electron chi connectivity index (χ1n) is 10.3. The molecule has 0 amide bonds. The number of aliphatic hydroxyl groups is 1. The summed E-state index contributed by atoms with van der Waals surface area (Å²) >= 11 is 0. The van der Waals surface area contributed by atoms with Crippen molar-refractivity contribution in [3.63, 3.8) is 0 Å². The van der Waals surface area contributed by atoms with Crippen LogP contribution in [0.5, 0.6) is 0 Å². The van der Waals surface area contributed by atoms with E-state index in [1.54, 1.807) is 0 Å². The van der Waals surface area contributed by atoms with Gasteiger partial charge in [0.25, 0.3) is 0 Å². The molecule has 25 heavy (non-hydrogen) atoms. The SMILES string of the molecule is CCNC(=NCC(C)(C)N1CC(C)CC(C)C1)NC1CCC(O)CC1. The number of piperidine rings is 1. The molecule has 1 saturated carbocycles. The van der Waals surface area contributed by atoms with Gasteiger partial charge in [-0.25, -0.2) is 0 Å². The highest BCUT2D eigenvalue weighted by Crippen LogP contribution is 2.27. The van der Waals surface area contributed by atoms with Crippen molar-refractivity contribution < 1.29 is 5.11 Å². The maximum absolute atomic E-state index is 9.68. The van der Waals surface area contributed by atoms with Crippen LogP contribution in [0.15, 0.2) is 4.99 Å². The lowest BCUT2D eigenvalue weighted by Crippen LogP contribution is -2.53. The van der Waals surface area contributed by atoms with Crippen molar-refractivity contribution >= 4 is 5.96 Å². The summed E-state index contributed by atoms with van der Waals surface area (Å²) in [7, 11) is 0. The standard InChI is InChI=1S/C20H40N4O/c1-6-21-19(23-17-7-9-18(25)10-8-17)22-14-20(4,5)24-12-15(2)11-16(3)13-24/h15-18,25H,6-14H2,1-5H3,(H2,21,22,23). The van der Waals surface area contributed by atoms with Gasteiger partial charge in [-0.1, -0.05) is 13.8 Å². The summed E-state index contributed by atoms with van der Waals surface area (Å²) in [4.78, 5) is 7.53. The molecule has 2 rings (SSSR count). The molecule has 2 fully saturated rings. The van der Waals surface area contributed by atoms with Crippen molar-refractivity contribution in [3.8, 4) is 0 Å². The molecule has 0 radical (unpaired) electrons. The Hall–Kier alpha value is -0.810. The second-order valence-corrected chi connectivity index (χ2v) is 9.01. The monoisotopic (exact) mass is 352 g/mol. The van der Waals surface area contributed by atoms with Gasteiger partial charge in [0.2, 0.25) is 0 Å². The van der Waals surface area contributed by atoms with Gasteiger partial charge in [-0.3, -0.25) is 9.89 Å². The van der Waals surface area contributed by atoms with Crippen LogP contribution in [0.25, 0.3) is 0 Å². The number of likely N-dealkylation sites (tertiary alicyclic amines) is 1. The lowest BCUT2D eigenvalue weighted by atomic mass is 9.88. The Balaban J connectivity index is 1.94. The third-order valence-electron chi connectivity index (χ3n) is 5.73. The molecule has 2 atom stereocenters. The largest absolute Gasteiger partial charge is 0.393 e. The van der Waals surface area contributed by atoms with Crippen molar-refractivity contribution in [2.75, 3.05) is 26.2 Å². The van der Waals surface area contributed by atoms with Gasteiger partial charge in [0.1, 0.15) is 0 Å². The van der Waals surface area contributed by atoms with Crippen LogP contribution in [-0.2, 0) is 0 Å². The van der Waals surface area contributed by atoms with Gasteiger partial charge >= 0.3 is 0 Å². The van der Waals surface area contributed by atoms with E-state index < -0.39 is 0 Å². The average Bonchev–Trinajstić information content (AvgIpc) is 2.54. The number of rotatable bonds is 5. The minimum Gasteiger partial charge on any atom is -0.393 e. The zero-order chi connectivity index (χ0) is 18.4. The second-order valence-electron chi connectivity index (χ2n) is 9.01. The molecule has 1 saturated heterocycles. The van der Waals surface area contributed by atoms with Gasteiger partial charge in [0, 0.05) is 31.2 Å². The highest BCUT2D eigenvalue weighted by atomic mass is 16.3. The van der Waals surface area contributed by atoms with Gasteiger partial charge in [0.05, 0.1) is 12.6 Å². The van der Waals surface area contributed by atoms with Crippen molar-refractivity contribution in [3.05, 3.63) is 0 Å². The maximum atomic E-state index is 9.68. The highest BCUT2D eigenvalue weighted by molar-refractivity contribution is 5.80. The molecule has 1 aliphatic carbocycles. The Labute approximate surface area is 154 Å². The van der Waals surface area contributed by atoms with E-state index in [4.69, 9.17) is 4.99 Å². The first kappa shape index (κ1) is 20.5. The molecule has 0 aromatic heterocycles. The predicted molar refractivity (Wildman–Crippen MR) is 106 cm³/mol. The molecule has 5 nitrogen and oxygen atoms in total. The number of hydrogen-bond acceptors (Lipinski definition) is 3. The van der Waals surface area contributed by atoms with E-state index in [1.807, 2.05) is 0 Å². The van der Waals surface area contributed by atoms with Crippen LogP contribution < -0.4 is 10.6 Å². The molecule has 0 aromatic rings. The summed E-state index contributed by atoms with van der Waals surface area (Å²) in [6.07, 6.45) is 5.07. The lowest BCUT2D eigenvalue weighted by molar-refractivity contribution is 0.0512. The number of aliphatic imine (C=N–C) groups is 1. The van der Waals surface area contributed by atoms with Crippen LogP contribution in [0, 0.1) is 11.8 Å². The van der Waals surface area contributed by atoms with Crippen LogP contribution in [0.3, 0.4) is 0 Å². The number of hydrogen-bond donors (Lipinski definition) is 3. The molecular weight excluding hydrogens is 312 g/mol. The normalized spacial score (nSPS) is 32.5. The van der Waals surface area contributed by atoms with Gasteiger partial charge in [-0.05, 0) is 64.7 Å². The smallest absolute Gasteiger partial charge is 0.191 e. The van der Waals surface area contributed by atoms with Crippen LogP contribution in [0.1, 0.15) is 66.7 Å². The first-order chi connectivity index (χ1) is 11.8.